The smallest absolute Gasteiger partial charge is 0.249 e. The molecule has 3 aromatic heterocycles. The number of aromatic amines is 1. The second kappa shape index (κ2) is 6.25. The van der Waals surface area contributed by atoms with Crippen molar-refractivity contribution >= 4 is 11.9 Å². The topological polar surface area (TPSA) is 92.3 Å². The molecule has 7 heteroatoms. The van der Waals surface area contributed by atoms with Gasteiger partial charge in [0.15, 0.2) is 5.82 Å². The van der Waals surface area contributed by atoms with Gasteiger partial charge in [0.05, 0.1) is 5.69 Å². The molecule has 0 saturated heterocycles. The Morgan fingerprint density at radius 1 is 0.792 bits per heavy atom. The average Bonchev–Trinajstić information content (AvgIpc) is 3.12. The van der Waals surface area contributed by atoms with Gasteiger partial charge in [-0.25, -0.2) is 9.97 Å². The minimum absolute atomic E-state index is 0.402. The summed E-state index contributed by atoms with van der Waals surface area (Å²) in [4.78, 5) is 17.2. The van der Waals surface area contributed by atoms with E-state index in [2.05, 4.69) is 35.5 Å². The molecular formula is C17H13N7. The van der Waals surface area contributed by atoms with Crippen LogP contribution in [0.5, 0.6) is 0 Å². The molecule has 0 atom stereocenters. The van der Waals surface area contributed by atoms with E-state index in [1.165, 1.54) is 0 Å². The van der Waals surface area contributed by atoms with Gasteiger partial charge in [-0.3, -0.25) is 15.4 Å². The molecule has 0 radical (unpaired) electrons. The first-order valence-corrected chi connectivity index (χ1v) is 7.37. The molecule has 116 valence electrons. The van der Waals surface area contributed by atoms with Crippen molar-refractivity contribution in [2.75, 3.05) is 5.32 Å². The van der Waals surface area contributed by atoms with Gasteiger partial charge in [0.2, 0.25) is 11.9 Å². The van der Waals surface area contributed by atoms with Gasteiger partial charge in [-0.15, -0.1) is 5.10 Å². The van der Waals surface area contributed by atoms with E-state index in [4.69, 9.17) is 0 Å². The van der Waals surface area contributed by atoms with Crippen LogP contribution in [0.25, 0.3) is 22.6 Å². The van der Waals surface area contributed by atoms with Crippen LogP contribution in [0.4, 0.5) is 11.9 Å². The number of hydrogen-bond donors (Lipinski definition) is 2. The molecule has 0 unspecified atom stereocenters. The van der Waals surface area contributed by atoms with E-state index in [0.717, 1.165) is 16.8 Å². The van der Waals surface area contributed by atoms with Crippen molar-refractivity contribution in [3.05, 3.63) is 67.1 Å². The predicted molar refractivity (Wildman–Crippen MR) is 90.4 cm³/mol. The van der Waals surface area contributed by atoms with Crippen LogP contribution in [0.3, 0.4) is 0 Å². The van der Waals surface area contributed by atoms with Gasteiger partial charge in [0, 0.05) is 29.7 Å². The Morgan fingerprint density at radius 2 is 1.67 bits per heavy atom. The van der Waals surface area contributed by atoms with Crippen LogP contribution in [0.15, 0.2) is 67.1 Å². The van der Waals surface area contributed by atoms with E-state index >= 15 is 0 Å². The largest absolute Gasteiger partial charge is 0.291 e. The Kier molecular flexibility index (Phi) is 3.65. The summed E-state index contributed by atoms with van der Waals surface area (Å²) in [6.45, 7) is 0. The maximum atomic E-state index is 4.49. The van der Waals surface area contributed by atoms with Gasteiger partial charge in [0.25, 0.3) is 0 Å². The lowest BCUT2D eigenvalue weighted by Crippen LogP contribution is -1.99. The Bertz CT molecular complexity index is 935. The lowest BCUT2D eigenvalue weighted by molar-refractivity contribution is 1.08. The van der Waals surface area contributed by atoms with E-state index in [-0.39, 0.29) is 0 Å². The molecule has 2 N–H and O–H groups in total. The Hall–Kier alpha value is -3.61. The van der Waals surface area contributed by atoms with Crippen LogP contribution < -0.4 is 5.32 Å². The predicted octanol–water partition coefficient (Wildman–Crippen LogP) is 3.07. The first kappa shape index (κ1) is 14.0. The van der Waals surface area contributed by atoms with Gasteiger partial charge < -0.3 is 0 Å². The number of rotatable bonds is 4. The SMILES string of the molecule is c1ccc(-c2ccnc(Nc3n[nH]c(-c4cccnc4)n3)n2)cc1. The first-order valence-electron chi connectivity index (χ1n) is 7.37. The highest BCUT2D eigenvalue weighted by atomic mass is 15.3. The standard InChI is InChI=1S/C17H13N7/c1-2-5-12(6-3-1)14-8-10-19-16(20-14)22-17-21-15(23-24-17)13-7-4-9-18-11-13/h1-11H,(H2,19,20,21,22,23,24). The van der Waals surface area contributed by atoms with Crippen LogP contribution >= 0.6 is 0 Å². The van der Waals surface area contributed by atoms with Crippen LogP contribution in [0.2, 0.25) is 0 Å². The molecule has 3 heterocycles. The molecular weight excluding hydrogens is 302 g/mol. The fourth-order valence-electron chi connectivity index (χ4n) is 2.24. The van der Waals surface area contributed by atoms with Crippen molar-refractivity contribution < 1.29 is 0 Å². The average molecular weight is 315 g/mol. The van der Waals surface area contributed by atoms with Gasteiger partial charge in [-0.05, 0) is 18.2 Å². The second-order valence-electron chi connectivity index (χ2n) is 5.01. The normalized spacial score (nSPS) is 10.5. The Morgan fingerprint density at radius 3 is 2.50 bits per heavy atom. The molecule has 24 heavy (non-hydrogen) atoms. The molecule has 0 saturated carbocycles. The fraction of sp³-hybridized carbons (Fsp3) is 0. The minimum Gasteiger partial charge on any atom is -0.291 e. The minimum atomic E-state index is 0.402. The molecule has 0 aliphatic carbocycles. The molecule has 1 aromatic carbocycles. The number of hydrogen-bond acceptors (Lipinski definition) is 6. The highest BCUT2D eigenvalue weighted by Gasteiger charge is 2.08. The zero-order chi connectivity index (χ0) is 16.2. The summed E-state index contributed by atoms with van der Waals surface area (Å²) in [7, 11) is 0. The highest BCUT2D eigenvalue weighted by molar-refractivity contribution is 5.61. The molecule has 0 spiro atoms. The summed E-state index contributed by atoms with van der Waals surface area (Å²) in [5.41, 5.74) is 2.71. The van der Waals surface area contributed by atoms with Crippen molar-refractivity contribution in [2.45, 2.75) is 0 Å². The van der Waals surface area contributed by atoms with Crippen LogP contribution in [-0.2, 0) is 0 Å². The van der Waals surface area contributed by atoms with Gasteiger partial charge in [-0.2, -0.15) is 4.98 Å². The highest BCUT2D eigenvalue weighted by Crippen LogP contribution is 2.19. The Balaban J connectivity index is 1.57. The molecule has 7 nitrogen and oxygen atoms in total. The number of pyridine rings is 1. The van der Waals surface area contributed by atoms with E-state index in [1.807, 2.05) is 48.5 Å². The number of nitrogens with one attached hydrogen (secondary N) is 2. The van der Waals surface area contributed by atoms with Crippen molar-refractivity contribution in [3.63, 3.8) is 0 Å². The zero-order valence-electron chi connectivity index (χ0n) is 12.6. The second-order valence-corrected chi connectivity index (χ2v) is 5.01. The lowest BCUT2D eigenvalue weighted by Gasteiger charge is -2.03. The third-order valence-electron chi connectivity index (χ3n) is 3.37. The third kappa shape index (κ3) is 2.95. The summed E-state index contributed by atoms with van der Waals surface area (Å²) in [5, 5.41) is 10.0. The summed E-state index contributed by atoms with van der Waals surface area (Å²) in [5.74, 6) is 1.47. The number of anilines is 2. The number of H-pyrrole nitrogens is 1. The molecule has 0 aliphatic rings. The first-order chi connectivity index (χ1) is 11.9. The fourth-order valence-corrected chi connectivity index (χ4v) is 2.24. The molecule has 0 amide bonds. The van der Waals surface area contributed by atoms with Crippen molar-refractivity contribution in [3.8, 4) is 22.6 Å². The van der Waals surface area contributed by atoms with Crippen LogP contribution in [0.1, 0.15) is 0 Å². The molecule has 4 rings (SSSR count). The maximum absolute atomic E-state index is 4.49. The van der Waals surface area contributed by atoms with Gasteiger partial charge >= 0.3 is 0 Å². The summed E-state index contributed by atoms with van der Waals surface area (Å²) >= 11 is 0. The van der Waals surface area contributed by atoms with E-state index in [9.17, 15) is 0 Å². The van der Waals surface area contributed by atoms with E-state index < -0.39 is 0 Å². The number of aromatic nitrogens is 6. The lowest BCUT2D eigenvalue weighted by atomic mass is 10.1. The molecule has 0 bridgehead atoms. The Labute approximate surface area is 137 Å². The zero-order valence-corrected chi connectivity index (χ0v) is 12.6. The van der Waals surface area contributed by atoms with E-state index in [1.54, 1.807) is 18.6 Å². The summed E-state index contributed by atoms with van der Waals surface area (Å²) in [6, 6.07) is 15.5. The molecule has 0 aliphatic heterocycles. The maximum Gasteiger partial charge on any atom is 0.249 e. The van der Waals surface area contributed by atoms with Crippen LogP contribution in [-0.4, -0.2) is 30.1 Å². The number of nitrogens with zero attached hydrogens (tertiary/aromatic N) is 5. The van der Waals surface area contributed by atoms with Gasteiger partial charge in [0.1, 0.15) is 0 Å². The quantitative estimate of drug-likeness (QED) is 0.601. The van der Waals surface area contributed by atoms with Crippen LogP contribution in [0, 0.1) is 0 Å². The monoisotopic (exact) mass is 315 g/mol. The van der Waals surface area contributed by atoms with E-state index in [0.29, 0.717) is 17.7 Å². The van der Waals surface area contributed by atoms with Crippen molar-refractivity contribution in [1.29, 1.82) is 0 Å². The van der Waals surface area contributed by atoms with Crippen molar-refractivity contribution in [1.82, 2.24) is 30.1 Å². The summed E-state index contributed by atoms with van der Waals surface area (Å²) < 4.78 is 0. The van der Waals surface area contributed by atoms with Gasteiger partial charge in [-0.1, -0.05) is 30.3 Å². The number of benzene rings is 1. The van der Waals surface area contributed by atoms with Crippen molar-refractivity contribution in [2.24, 2.45) is 0 Å². The molecule has 4 aromatic rings. The summed E-state index contributed by atoms with van der Waals surface area (Å²) in [6.07, 6.45) is 5.13. The third-order valence-corrected chi connectivity index (χ3v) is 3.37. The molecule has 0 fully saturated rings.